The van der Waals surface area contributed by atoms with Gasteiger partial charge in [-0.15, -0.1) is 0 Å². The van der Waals surface area contributed by atoms with E-state index in [1.54, 1.807) is 6.08 Å². The Labute approximate surface area is 344 Å². The lowest BCUT2D eigenvalue weighted by molar-refractivity contribution is -0.349. The molecule has 0 bridgehead atoms. The molecular formula is C41H46O19. The lowest BCUT2D eigenvalue weighted by Gasteiger charge is -2.49. The second-order valence-corrected chi connectivity index (χ2v) is 13.6. The van der Waals surface area contributed by atoms with Crippen LogP contribution in [-0.2, 0) is 76.2 Å². The Kier molecular flexibility index (Phi) is 16.8. The van der Waals surface area contributed by atoms with Crippen LogP contribution < -0.4 is 4.74 Å². The molecule has 2 aromatic carbocycles. The number of carboxylic acid groups (broad SMARTS) is 1. The minimum atomic E-state index is -1.84. The Hall–Kier alpha value is -6.18. The number of hydrogen-bond donors (Lipinski definition) is 1. The van der Waals surface area contributed by atoms with Gasteiger partial charge in [0.15, 0.2) is 36.5 Å². The molecule has 4 rings (SSSR count). The number of carboxylic acids is 1. The number of hydrogen-bond acceptors (Lipinski definition) is 18. The van der Waals surface area contributed by atoms with Crippen molar-refractivity contribution in [2.45, 2.75) is 103 Å². The molecule has 2 aromatic rings. The molecule has 1 unspecified atom stereocenters. The molecular weight excluding hydrogens is 796 g/mol. The maximum atomic E-state index is 12.9. The lowest BCUT2D eigenvalue weighted by Crippen LogP contribution is -2.66. The average molecular weight is 843 g/mol. The van der Waals surface area contributed by atoms with Gasteiger partial charge in [0.25, 0.3) is 0 Å². The van der Waals surface area contributed by atoms with Crippen LogP contribution in [0.3, 0.4) is 0 Å². The number of carbonyl (C=O) groups is 8. The summed E-state index contributed by atoms with van der Waals surface area (Å²) in [7, 11) is 0. The Bertz CT molecular complexity index is 1890. The van der Waals surface area contributed by atoms with E-state index in [0.29, 0.717) is 5.56 Å². The maximum Gasteiger partial charge on any atom is 0.303 e. The molecule has 0 aromatic heterocycles. The number of rotatable bonds is 17. The second kappa shape index (κ2) is 21.7. The van der Waals surface area contributed by atoms with Gasteiger partial charge < -0.3 is 52.5 Å². The third-order valence-corrected chi connectivity index (χ3v) is 8.81. The number of ketones is 1. The van der Waals surface area contributed by atoms with Gasteiger partial charge in [-0.05, 0) is 35.9 Å². The first-order valence-corrected chi connectivity index (χ1v) is 18.6. The predicted octanol–water partition coefficient (Wildman–Crippen LogP) is 2.74. The maximum absolute atomic E-state index is 12.9. The van der Waals surface area contributed by atoms with Gasteiger partial charge in [-0.25, -0.2) is 0 Å². The van der Waals surface area contributed by atoms with E-state index in [2.05, 4.69) is 0 Å². The summed E-state index contributed by atoms with van der Waals surface area (Å²) in [5.74, 6) is -8.23. The highest BCUT2D eigenvalue weighted by Gasteiger charge is 2.57. The van der Waals surface area contributed by atoms with Gasteiger partial charge in [0, 0.05) is 53.0 Å². The average Bonchev–Trinajstić information content (AvgIpc) is 3.16. The summed E-state index contributed by atoms with van der Waals surface area (Å²) >= 11 is 0. The van der Waals surface area contributed by atoms with Crippen LogP contribution in [0.2, 0.25) is 0 Å². The first-order valence-electron chi connectivity index (χ1n) is 18.6. The minimum absolute atomic E-state index is 0.0972. The smallest absolute Gasteiger partial charge is 0.303 e. The monoisotopic (exact) mass is 842 g/mol. The Balaban J connectivity index is 1.75. The van der Waals surface area contributed by atoms with E-state index < -0.39 is 123 Å². The summed E-state index contributed by atoms with van der Waals surface area (Å²) < 4.78 is 57.2. The first kappa shape index (κ1) is 46.5. The fourth-order valence-corrected chi connectivity index (χ4v) is 6.49. The fraction of sp³-hybridized carbons (Fsp3) is 0.463. The predicted molar refractivity (Wildman–Crippen MR) is 200 cm³/mol. The van der Waals surface area contributed by atoms with Crippen molar-refractivity contribution in [3.63, 3.8) is 0 Å². The van der Waals surface area contributed by atoms with Gasteiger partial charge in [-0.3, -0.25) is 38.4 Å². The molecule has 2 heterocycles. The van der Waals surface area contributed by atoms with E-state index >= 15 is 0 Å². The van der Waals surface area contributed by atoms with Crippen LogP contribution in [0.15, 0.2) is 60.7 Å². The summed E-state index contributed by atoms with van der Waals surface area (Å²) in [6.45, 7) is 5.11. The van der Waals surface area contributed by atoms with E-state index in [1.165, 1.54) is 30.3 Å². The van der Waals surface area contributed by atoms with Gasteiger partial charge in [-0.2, -0.15) is 0 Å². The molecule has 0 amide bonds. The normalized spacial score (nSPS) is 26.2. The Morgan fingerprint density at radius 3 is 1.62 bits per heavy atom. The number of ether oxygens (including phenoxy) is 10. The molecule has 10 atom stereocenters. The van der Waals surface area contributed by atoms with Crippen molar-refractivity contribution in [2.75, 3.05) is 13.2 Å². The van der Waals surface area contributed by atoms with Crippen molar-refractivity contribution < 1.29 is 90.8 Å². The van der Waals surface area contributed by atoms with Gasteiger partial charge in [0.2, 0.25) is 6.29 Å². The fourth-order valence-electron chi connectivity index (χ4n) is 6.49. The zero-order chi connectivity index (χ0) is 44.1. The SMILES string of the molecule is CC(=O)OCC1O[C@H](O[C@@H]2[C@@H](CC(=O)O)[C@@H](OC(C)=O)[C@H](Oc3ccc(C(=O)/C=C\c4ccccc4)cc3)O[C@H]2COC(C)=O)[C@@H](OC(C)=O)[C@H](OC(C)=O)[C@H]1OC(C)=O. The van der Waals surface area contributed by atoms with Crippen molar-refractivity contribution in [1.29, 1.82) is 0 Å². The molecule has 2 aliphatic rings. The minimum Gasteiger partial charge on any atom is -0.481 e. The van der Waals surface area contributed by atoms with Crippen molar-refractivity contribution in [3.8, 4) is 5.75 Å². The first-order chi connectivity index (χ1) is 28.4. The van der Waals surface area contributed by atoms with Crippen molar-refractivity contribution in [2.24, 2.45) is 5.92 Å². The summed E-state index contributed by atoms with van der Waals surface area (Å²) in [5, 5.41) is 10.2. The molecule has 2 aliphatic heterocycles. The molecule has 2 saturated heterocycles. The summed E-state index contributed by atoms with van der Waals surface area (Å²) in [5.41, 5.74) is 1.11. The standard InChI is InChI=1S/C41H46O19/c1-21(42)51-19-32-35(60-41-39(56-26(6)47)38(55-25(5)46)37(54-24(4)45)33(59-41)20-52-22(2)43)30(18-34(49)50)36(53-23(3)44)40(58-32)57-29-15-13-28(14-16-29)31(48)17-12-27-10-8-7-9-11-27/h7-17,30,32-33,35-41H,18-20H2,1-6H3,(H,49,50)/b17-12-/t30-,32+,33?,35-,36-,37+,38-,39+,40-,41-/m1/s1. The van der Waals surface area contributed by atoms with Crippen LogP contribution in [0.1, 0.15) is 63.9 Å². The Morgan fingerprint density at radius 2 is 1.08 bits per heavy atom. The number of aliphatic carboxylic acids is 1. The van der Waals surface area contributed by atoms with Crippen LogP contribution in [-0.4, -0.2) is 121 Å². The van der Waals surface area contributed by atoms with E-state index in [-0.39, 0.29) is 11.5 Å². The molecule has 2 fully saturated rings. The topological polar surface area (TPSA) is 249 Å². The van der Waals surface area contributed by atoms with Crippen LogP contribution >= 0.6 is 0 Å². The molecule has 60 heavy (non-hydrogen) atoms. The van der Waals surface area contributed by atoms with Crippen molar-refractivity contribution >= 4 is 53.6 Å². The summed E-state index contributed by atoms with van der Waals surface area (Å²) in [6, 6.07) is 15.0. The summed E-state index contributed by atoms with van der Waals surface area (Å²) in [4.78, 5) is 99.0. The van der Waals surface area contributed by atoms with Gasteiger partial charge in [0.05, 0.1) is 12.5 Å². The second-order valence-electron chi connectivity index (χ2n) is 13.6. The molecule has 0 spiro atoms. The van der Waals surface area contributed by atoms with Gasteiger partial charge >= 0.3 is 41.8 Å². The van der Waals surface area contributed by atoms with Crippen LogP contribution in [0.4, 0.5) is 0 Å². The van der Waals surface area contributed by atoms with Crippen molar-refractivity contribution in [3.05, 3.63) is 71.8 Å². The quantitative estimate of drug-likeness (QED) is 0.104. The van der Waals surface area contributed by atoms with E-state index in [4.69, 9.17) is 47.4 Å². The largest absolute Gasteiger partial charge is 0.481 e. The van der Waals surface area contributed by atoms with Gasteiger partial charge in [-0.1, -0.05) is 36.4 Å². The van der Waals surface area contributed by atoms with Crippen LogP contribution in [0.5, 0.6) is 5.75 Å². The van der Waals surface area contributed by atoms with E-state index in [9.17, 15) is 43.5 Å². The zero-order valence-electron chi connectivity index (χ0n) is 33.5. The van der Waals surface area contributed by atoms with Crippen molar-refractivity contribution in [1.82, 2.24) is 0 Å². The molecule has 19 nitrogen and oxygen atoms in total. The van der Waals surface area contributed by atoms with Gasteiger partial charge in [0.1, 0.15) is 31.2 Å². The molecule has 0 aliphatic carbocycles. The number of carbonyl (C=O) groups excluding carboxylic acids is 7. The lowest BCUT2D eigenvalue weighted by atomic mass is 9.85. The van der Waals surface area contributed by atoms with E-state index in [1.807, 2.05) is 30.3 Å². The highest BCUT2D eigenvalue weighted by molar-refractivity contribution is 6.06. The number of esters is 6. The molecule has 0 radical (unpaired) electrons. The Morgan fingerprint density at radius 1 is 0.583 bits per heavy atom. The van der Waals surface area contributed by atoms with Crippen LogP contribution in [0, 0.1) is 5.92 Å². The number of benzene rings is 2. The molecule has 324 valence electrons. The molecule has 19 heteroatoms. The highest BCUT2D eigenvalue weighted by atomic mass is 16.8. The summed E-state index contributed by atoms with van der Waals surface area (Å²) in [6.07, 6.45) is -12.2. The zero-order valence-corrected chi connectivity index (χ0v) is 33.5. The third-order valence-electron chi connectivity index (χ3n) is 8.81. The third kappa shape index (κ3) is 13.7. The van der Waals surface area contributed by atoms with E-state index in [0.717, 1.165) is 47.1 Å². The molecule has 0 saturated carbocycles. The number of allylic oxidation sites excluding steroid dienone is 1. The van der Waals surface area contributed by atoms with Crippen LogP contribution in [0.25, 0.3) is 6.08 Å². The highest BCUT2D eigenvalue weighted by Crippen LogP contribution is 2.38. The molecule has 1 N–H and O–H groups in total.